The van der Waals surface area contributed by atoms with Crippen molar-refractivity contribution in [2.24, 2.45) is 4.99 Å². The van der Waals surface area contributed by atoms with E-state index in [2.05, 4.69) is 84.7 Å². The lowest BCUT2D eigenvalue weighted by atomic mass is 10.0. The molecule has 0 aliphatic heterocycles. The predicted molar refractivity (Wildman–Crippen MR) is 112 cm³/mol. The fourth-order valence-electron chi connectivity index (χ4n) is 2.80. The summed E-state index contributed by atoms with van der Waals surface area (Å²) in [7, 11) is 6.27. The van der Waals surface area contributed by atoms with Crippen molar-refractivity contribution in [2.45, 2.75) is 33.4 Å². The number of thiazole rings is 1. The number of aliphatic imine (C=N–C) groups is 1. The Morgan fingerprint density at radius 1 is 1.19 bits per heavy atom. The molecule has 6 heteroatoms. The number of benzene rings is 1. The molecule has 0 bridgehead atoms. The first-order valence-electron chi connectivity index (χ1n) is 9.04. The van der Waals surface area contributed by atoms with Gasteiger partial charge in [-0.25, -0.2) is 4.98 Å². The molecule has 26 heavy (non-hydrogen) atoms. The Morgan fingerprint density at radius 2 is 1.88 bits per heavy atom. The predicted octanol–water partition coefficient (Wildman–Crippen LogP) is 3.46. The Morgan fingerprint density at radius 3 is 2.42 bits per heavy atom. The third kappa shape index (κ3) is 5.81. The molecule has 5 nitrogen and oxygen atoms in total. The van der Waals surface area contributed by atoms with E-state index < -0.39 is 0 Å². The lowest BCUT2D eigenvalue weighted by molar-refractivity contribution is 0.305. The van der Waals surface area contributed by atoms with Crippen LogP contribution in [0.4, 0.5) is 0 Å². The van der Waals surface area contributed by atoms with Crippen LogP contribution in [0.1, 0.15) is 34.8 Å². The molecule has 0 spiro atoms. The van der Waals surface area contributed by atoms with Gasteiger partial charge >= 0.3 is 0 Å². The SMILES string of the molecule is CCNC(=NCC(c1ccc(C)cc1)N(C)C)N(C)Cc1csc(C)n1. The molecule has 0 aliphatic carbocycles. The highest BCUT2D eigenvalue weighted by atomic mass is 32.1. The van der Waals surface area contributed by atoms with Gasteiger partial charge in [0, 0.05) is 19.0 Å². The summed E-state index contributed by atoms with van der Waals surface area (Å²) in [4.78, 5) is 13.8. The zero-order chi connectivity index (χ0) is 19.1. The van der Waals surface area contributed by atoms with Crippen molar-refractivity contribution in [3.63, 3.8) is 0 Å². The monoisotopic (exact) mass is 373 g/mol. The van der Waals surface area contributed by atoms with Gasteiger partial charge in [-0.1, -0.05) is 29.8 Å². The van der Waals surface area contributed by atoms with Gasteiger partial charge in [0.1, 0.15) is 0 Å². The third-order valence-corrected chi connectivity index (χ3v) is 5.08. The number of rotatable bonds is 7. The molecule has 0 aliphatic rings. The molecule has 0 saturated heterocycles. The maximum absolute atomic E-state index is 4.90. The van der Waals surface area contributed by atoms with Crippen LogP contribution >= 0.6 is 11.3 Å². The van der Waals surface area contributed by atoms with E-state index >= 15 is 0 Å². The van der Waals surface area contributed by atoms with E-state index in [9.17, 15) is 0 Å². The van der Waals surface area contributed by atoms with Crippen LogP contribution in [0.2, 0.25) is 0 Å². The molecule has 2 aromatic rings. The summed E-state index contributed by atoms with van der Waals surface area (Å²) in [6.07, 6.45) is 0. The zero-order valence-corrected chi connectivity index (χ0v) is 17.6. The fourth-order valence-corrected chi connectivity index (χ4v) is 3.40. The third-order valence-electron chi connectivity index (χ3n) is 4.26. The van der Waals surface area contributed by atoms with Gasteiger partial charge in [-0.2, -0.15) is 0 Å². The van der Waals surface area contributed by atoms with E-state index in [1.165, 1.54) is 11.1 Å². The number of hydrogen-bond donors (Lipinski definition) is 1. The molecular formula is C20H31N5S. The van der Waals surface area contributed by atoms with Crippen molar-refractivity contribution >= 4 is 17.3 Å². The molecular weight excluding hydrogens is 342 g/mol. The second-order valence-electron chi connectivity index (χ2n) is 6.80. The first kappa shape index (κ1) is 20.4. The summed E-state index contributed by atoms with van der Waals surface area (Å²) in [5.74, 6) is 0.914. The summed E-state index contributed by atoms with van der Waals surface area (Å²) in [5, 5.41) is 6.61. The number of aryl methyl sites for hydroxylation is 2. The molecule has 0 radical (unpaired) electrons. The maximum atomic E-state index is 4.90. The minimum atomic E-state index is 0.249. The summed E-state index contributed by atoms with van der Waals surface area (Å²) in [6.45, 7) is 8.56. The van der Waals surface area contributed by atoms with Crippen LogP contribution < -0.4 is 5.32 Å². The van der Waals surface area contributed by atoms with E-state index in [1.807, 2.05) is 6.92 Å². The molecule has 1 unspecified atom stereocenters. The van der Waals surface area contributed by atoms with Crippen LogP contribution in [0.5, 0.6) is 0 Å². The Kier molecular flexibility index (Phi) is 7.60. The Bertz CT molecular complexity index is 705. The number of guanidine groups is 1. The van der Waals surface area contributed by atoms with Crippen molar-refractivity contribution < 1.29 is 0 Å². The number of nitrogens with one attached hydrogen (secondary N) is 1. The van der Waals surface area contributed by atoms with E-state index in [1.54, 1.807) is 11.3 Å². The molecule has 142 valence electrons. The molecule has 0 saturated carbocycles. The van der Waals surface area contributed by atoms with Crippen LogP contribution in [0.25, 0.3) is 0 Å². The van der Waals surface area contributed by atoms with Crippen molar-refractivity contribution in [1.29, 1.82) is 0 Å². The minimum absolute atomic E-state index is 0.249. The van der Waals surface area contributed by atoms with Gasteiger partial charge < -0.3 is 15.1 Å². The molecule has 1 aromatic heterocycles. The molecule has 1 heterocycles. The Balaban J connectivity index is 2.13. The quantitative estimate of drug-likeness (QED) is 0.596. The van der Waals surface area contributed by atoms with E-state index in [0.29, 0.717) is 6.54 Å². The summed E-state index contributed by atoms with van der Waals surface area (Å²) in [6, 6.07) is 8.97. The van der Waals surface area contributed by atoms with Crippen LogP contribution in [-0.2, 0) is 6.54 Å². The summed E-state index contributed by atoms with van der Waals surface area (Å²) >= 11 is 1.69. The molecule has 1 N–H and O–H groups in total. The largest absolute Gasteiger partial charge is 0.357 e. The van der Waals surface area contributed by atoms with Crippen molar-refractivity contribution in [3.05, 3.63) is 51.5 Å². The average Bonchev–Trinajstić information content (AvgIpc) is 3.00. The lowest BCUT2D eigenvalue weighted by Gasteiger charge is -2.26. The van der Waals surface area contributed by atoms with Gasteiger partial charge in [-0.05, 0) is 40.4 Å². The number of aromatic nitrogens is 1. The van der Waals surface area contributed by atoms with Crippen LogP contribution in [0.15, 0.2) is 34.6 Å². The van der Waals surface area contributed by atoms with Crippen LogP contribution in [0.3, 0.4) is 0 Å². The highest BCUT2D eigenvalue weighted by molar-refractivity contribution is 7.09. The van der Waals surface area contributed by atoms with Gasteiger partial charge in [0.15, 0.2) is 5.96 Å². The standard InChI is InChI=1S/C20H31N5S/c1-7-21-20(25(6)13-18-14-26-16(3)23-18)22-12-19(24(4)5)17-10-8-15(2)9-11-17/h8-11,14,19H,7,12-13H2,1-6H3,(H,21,22). The second-order valence-corrected chi connectivity index (χ2v) is 7.86. The average molecular weight is 374 g/mol. The van der Waals surface area contributed by atoms with Gasteiger partial charge in [-0.15, -0.1) is 11.3 Å². The van der Waals surface area contributed by atoms with Gasteiger partial charge in [0.2, 0.25) is 0 Å². The number of likely N-dealkylation sites (N-methyl/N-ethyl adjacent to an activating group) is 1. The van der Waals surface area contributed by atoms with Crippen molar-refractivity contribution in [1.82, 2.24) is 20.1 Å². The smallest absolute Gasteiger partial charge is 0.194 e. The van der Waals surface area contributed by atoms with Crippen LogP contribution in [0, 0.1) is 13.8 Å². The normalized spacial score (nSPS) is 13.1. The van der Waals surface area contributed by atoms with Crippen molar-refractivity contribution in [2.75, 3.05) is 34.2 Å². The first-order valence-corrected chi connectivity index (χ1v) is 9.92. The Labute approximate surface area is 161 Å². The molecule has 0 fully saturated rings. The maximum Gasteiger partial charge on any atom is 0.194 e. The molecule has 1 atom stereocenters. The second kappa shape index (κ2) is 9.69. The number of hydrogen-bond acceptors (Lipinski definition) is 4. The van der Waals surface area contributed by atoms with Crippen molar-refractivity contribution in [3.8, 4) is 0 Å². The van der Waals surface area contributed by atoms with E-state index in [4.69, 9.17) is 4.99 Å². The minimum Gasteiger partial charge on any atom is -0.357 e. The van der Waals surface area contributed by atoms with Gasteiger partial charge in [0.05, 0.1) is 29.8 Å². The molecule has 0 amide bonds. The Hall–Kier alpha value is -1.92. The first-order chi connectivity index (χ1) is 12.4. The van der Waals surface area contributed by atoms with E-state index in [0.717, 1.165) is 29.8 Å². The van der Waals surface area contributed by atoms with E-state index in [-0.39, 0.29) is 6.04 Å². The van der Waals surface area contributed by atoms with Crippen LogP contribution in [-0.4, -0.2) is 55.0 Å². The summed E-state index contributed by atoms with van der Waals surface area (Å²) < 4.78 is 0. The topological polar surface area (TPSA) is 43.8 Å². The van der Waals surface area contributed by atoms with Gasteiger partial charge in [0.25, 0.3) is 0 Å². The fraction of sp³-hybridized carbons (Fsp3) is 0.500. The zero-order valence-electron chi connectivity index (χ0n) is 16.8. The van der Waals surface area contributed by atoms with Gasteiger partial charge in [-0.3, -0.25) is 4.99 Å². The highest BCUT2D eigenvalue weighted by Gasteiger charge is 2.15. The number of nitrogens with zero attached hydrogens (tertiary/aromatic N) is 4. The summed E-state index contributed by atoms with van der Waals surface area (Å²) in [5.41, 5.74) is 3.66. The highest BCUT2D eigenvalue weighted by Crippen LogP contribution is 2.19. The molecule has 2 rings (SSSR count). The molecule has 1 aromatic carbocycles. The lowest BCUT2D eigenvalue weighted by Crippen LogP contribution is -2.39.